The molecule has 2 aliphatic carbocycles. The number of allylic oxidation sites excluding steroid dienone is 56. The molecule has 0 spiro atoms. The summed E-state index contributed by atoms with van der Waals surface area (Å²) in [6.45, 7) is 44.4. The van der Waals surface area contributed by atoms with Crippen molar-refractivity contribution in [3.05, 3.63) is 336 Å². The molecule has 0 aromatic carbocycles. The van der Waals surface area contributed by atoms with Crippen LogP contribution in [0.25, 0.3) is 0 Å². The van der Waals surface area contributed by atoms with Gasteiger partial charge in [-0.1, -0.05) is 485 Å². The van der Waals surface area contributed by atoms with Gasteiger partial charge in [0, 0.05) is 0 Å². The Morgan fingerprint density at radius 2 is 0.475 bits per heavy atom. The SMILES string of the molecule is C/C=C(C)/C=C/C=C(C)/C=C/C1=C(C)CCCC1(C)C.CC/C=C\C/C=C\C/C=C\C/C=C\C/C=C\C/C=C\CCC.CC/C=C\C/C=C\C/C=C\C/C=C\C/C=C\CCCC.CC/C=C\C/C=C\C/C=C\CCCCCCCC.CCCC/C=C\C/C=C\C/C=C\C/C=C\CCCCC.C\C=C(C)/C=C/C=C(C)/C=C/C1=C(C)CCCC1(C)C. The van der Waals surface area contributed by atoms with E-state index in [1.165, 1.54) is 194 Å². The molecule has 0 aromatic heterocycles. The lowest BCUT2D eigenvalue weighted by molar-refractivity contribution is 0.376. The fourth-order valence-corrected chi connectivity index (χ4v) is 12.7. The monoisotopic (exact) mass is 1630 g/mol. The van der Waals surface area contributed by atoms with Crippen molar-refractivity contribution in [2.75, 3.05) is 0 Å². The Morgan fingerprint density at radius 3 is 0.725 bits per heavy atom. The fraction of sp³-hybridized carbons (Fsp3) is 0.533. The summed E-state index contributed by atoms with van der Waals surface area (Å²) in [5, 5.41) is 0. The summed E-state index contributed by atoms with van der Waals surface area (Å²) in [4.78, 5) is 0. The Bertz CT molecular complexity index is 3160. The molecule has 0 fully saturated rings. The zero-order chi connectivity index (χ0) is 89.3. The van der Waals surface area contributed by atoms with Gasteiger partial charge in [0.25, 0.3) is 0 Å². The van der Waals surface area contributed by atoms with Crippen molar-refractivity contribution in [3.63, 3.8) is 0 Å². The molecular formula is C120H192. The van der Waals surface area contributed by atoms with E-state index in [9.17, 15) is 0 Å². The summed E-state index contributed by atoms with van der Waals surface area (Å²) in [5.41, 5.74) is 12.0. The molecular weight excluding hydrogens is 1440 g/mol. The van der Waals surface area contributed by atoms with E-state index < -0.39 is 0 Å². The average Bonchev–Trinajstić information content (AvgIpc) is 0.829. The molecule has 2 aliphatic rings. The fourth-order valence-electron chi connectivity index (χ4n) is 12.7. The number of rotatable bonds is 58. The Morgan fingerprint density at radius 1 is 0.250 bits per heavy atom. The van der Waals surface area contributed by atoms with E-state index in [2.05, 4.69) is 430 Å². The molecule has 120 heavy (non-hydrogen) atoms. The quantitative estimate of drug-likeness (QED) is 0.0323. The van der Waals surface area contributed by atoms with Gasteiger partial charge in [-0.15, -0.1) is 0 Å². The van der Waals surface area contributed by atoms with E-state index in [1.54, 1.807) is 11.1 Å². The Balaban J connectivity index is -0.000000673. The first-order chi connectivity index (χ1) is 58.4. The van der Waals surface area contributed by atoms with E-state index >= 15 is 0 Å². The molecule has 0 aliphatic heterocycles. The molecule has 0 radical (unpaired) electrons. The van der Waals surface area contributed by atoms with Crippen molar-refractivity contribution >= 4 is 0 Å². The third-order valence-corrected chi connectivity index (χ3v) is 20.6. The van der Waals surface area contributed by atoms with Crippen molar-refractivity contribution < 1.29 is 0 Å². The van der Waals surface area contributed by atoms with E-state index in [1.807, 2.05) is 0 Å². The predicted octanol–water partition coefficient (Wildman–Crippen LogP) is 41.2. The van der Waals surface area contributed by atoms with Crippen LogP contribution in [-0.4, -0.2) is 0 Å². The molecule has 0 N–H and O–H groups in total. The first-order valence-electron chi connectivity index (χ1n) is 48.8. The Kier molecular flexibility index (Phi) is 96.4. The smallest absolute Gasteiger partial charge is 0.0104 e. The van der Waals surface area contributed by atoms with Crippen molar-refractivity contribution in [2.24, 2.45) is 10.8 Å². The molecule has 0 unspecified atom stereocenters. The van der Waals surface area contributed by atoms with Crippen LogP contribution in [0.3, 0.4) is 0 Å². The topological polar surface area (TPSA) is 0 Å². The number of hydrogen-bond acceptors (Lipinski definition) is 0. The van der Waals surface area contributed by atoms with E-state index in [0.29, 0.717) is 10.8 Å². The van der Waals surface area contributed by atoms with Gasteiger partial charge in [-0.25, -0.2) is 0 Å². The first kappa shape index (κ1) is 119. The van der Waals surface area contributed by atoms with Gasteiger partial charge in [-0.05, 0) is 270 Å². The number of hydrogen-bond donors (Lipinski definition) is 0. The van der Waals surface area contributed by atoms with Crippen LogP contribution in [0.2, 0.25) is 0 Å². The maximum atomic E-state index is 2.36. The lowest BCUT2D eigenvalue weighted by Gasteiger charge is -2.33. The maximum absolute atomic E-state index is 2.36. The van der Waals surface area contributed by atoms with Crippen LogP contribution in [0.1, 0.15) is 408 Å². The van der Waals surface area contributed by atoms with Crippen molar-refractivity contribution in [3.8, 4) is 0 Å². The van der Waals surface area contributed by atoms with Crippen LogP contribution in [0.5, 0.6) is 0 Å². The van der Waals surface area contributed by atoms with Crippen molar-refractivity contribution in [1.29, 1.82) is 0 Å². The highest BCUT2D eigenvalue weighted by Gasteiger charge is 2.27. The Labute approximate surface area is 750 Å². The van der Waals surface area contributed by atoms with E-state index in [0.717, 1.165) is 109 Å². The molecule has 0 nitrogen and oxygen atoms in total. The predicted molar refractivity (Wildman–Crippen MR) is 560 cm³/mol. The van der Waals surface area contributed by atoms with Gasteiger partial charge in [-0.2, -0.15) is 0 Å². The molecule has 672 valence electrons. The standard InChI is InChI=1S/C22H34.2C20H30.C20H34.C20H32.C18H32/c1-3-5-7-9-11-13-15-17-19-21-22-20-18-16-14-12-10-8-6-4-2;2*1-7-16(2)10-8-11-17(3)13-14-19-18(4)12-9-15-20(19,5)6;2*1-3-5-7-9-11-13-15-17-19-20-18-16-14-12-10-8-6-4-2;1-3-5-7-9-11-13-15-17-18-16-14-12-10-8-6-4-2/h5,7-8,10-11,13-14,16-17,19-20,22H,3-4,6,9,12,15,18,21H2,1-2H3;2*7-8,10-11,13-14H,9,12,15H2,1-6H3;9,11-12,14-15,17-18,20H,3-8,10,13,16,19H2,1-2H3;5,7,10-13,16-19H,3-4,6,8-9,14-15,20H2,1-2H3;5,7,11,13,17-18H,3-4,6,8-10,12,14-16H2,1-2H3/b7-5-,10-8-,13-11-,16-14-,19-17-,22-20-;10-8+,14-13+,16-7+,17-11+;10-8+,14-13+,16-7-,17-11+;11-9-,14-12-,17-15-,20-18-;7-5-,12-10-,13-11-,18-16-,19-17-;7-5-,13-11-,18-17-. The highest BCUT2D eigenvalue weighted by atomic mass is 14.3. The molecule has 0 heterocycles. The minimum absolute atomic E-state index is 0.330. The van der Waals surface area contributed by atoms with E-state index in [4.69, 9.17) is 0 Å². The van der Waals surface area contributed by atoms with Crippen LogP contribution in [0.4, 0.5) is 0 Å². The van der Waals surface area contributed by atoms with Crippen molar-refractivity contribution in [2.45, 2.75) is 408 Å². The average molecular weight is 1630 g/mol. The molecule has 0 bridgehead atoms. The second kappa shape index (κ2) is 97.2. The summed E-state index contributed by atoms with van der Waals surface area (Å²) < 4.78 is 0. The summed E-state index contributed by atoms with van der Waals surface area (Å²) in [7, 11) is 0. The number of unbranched alkanes of at least 4 members (excludes halogenated alkanes) is 14. The zero-order valence-electron chi connectivity index (χ0n) is 82.4. The molecule has 0 amide bonds. The van der Waals surface area contributed by atoms with Gasteiger partial charge in [-0.3, -0.25) is 0 Å². The van der Waals surface area contributed by atoms with Crippen LogP contribution in [0, 0.1) is 10.8 Å². The Hall–Kier alpha value is -7.28. The highest BCUT2D eigenvalue weighted by molar-refractivity contribution is 5.38. The molecule has 0 aromatic rings. The second-order valence-corrected chi connectivity index (χ2v) is 33.3. The summed E-state index contributed by atoms with van der Waals surface area (Å²) in [6, 6.07) is 0. The van der Waals surface area contributed by atoms with Gasteiger partial charge < -0.3 is 0 Å². The molecule has 2 rings (SSSR count). The van der Waals surface area contributed by atoms with Crippen LogP contribution >= 0.6 is 0 Å². The summed E-state index contributed by atoms with van der Waals surface area (Å²) in [6.07, 6.45) is 158. The first-order valence-corrected chi connectivity index (χ1v) is 48.8. The van der Waals surface area contributed by atoms with Gasteiger partial charge in [0.05, 0.1) is 0 Å². The van der Waals surface area contributed by atoms with Gasteiger partial charge in [0.15, 0.2) is 0 Å². The lowest BCUT2D eigenvalue weighted by atomic mass is 9.72. The maximum Gasteiger partial charge on any atom is -0.0104 e. The third kappa shape index (κ3) is 91.5. The molecule has 0 atom stereocenters. The molecule has 0 heteroatoms. The van der Waals surface area contributed by atoms with Crippen LogP contribution in [-0.2, 0) is 0 Å². The van der Waals surface area contributed by atoms with Gasteiger partial charge in [0.1, 0.15) is 0 Å². The van der Waals surface area contributed by atoms with Crippen LogP contribution < -0.4 is 0 Å². The zero-order valence-corrected chi connectivity index (χ0v) is 82.4. The van der Waals surface area contributed by atoms with Crippen LogP contribution in [0.15, 0.2) is 336 Å². The highest BCUT2D eigenvalue weighted by Crippen LogP contribution is 2.42. The minimum Gasteiger partial charge on any atom is -0.0885 e. The van der Waals surface area contributed by atoms with Gasteiger partial charge in [0.2, 0.25) is 0 Å². The third-order valence-electron chi connectivity index (χ3n) is 20.6. The van der Waals surface area contributed by atoms with Crippen molar-refractivity contribution in [1.82, 2.24) is 0 Å². The van der Waals surface area contributed by atoms with E-state index in [-0.39, 0.29) is 0 Å². The molecule has 0 saturated heterocycles. The minimum atomic E-state index is 0.330. The lowest BCUT2D eigenvalue weighted by Crippen LogP contribution is -2.19. The largest absolute Gasteiger partial charge is 0.0885 e. The summed E-state index contributed by atoms with van der Waals surface area (Å²) in [5.74, 6) is 0. The summed E-state index contributed by atoms with van der Waals surface area (Å²) >= 11 is 0. The molecule has 0 saturated carbocycles. The second-order valence-electron chi connectivity index (χ2n) is 33.3. The normalized spacial score (nSPS) is 15.7. The van der Waals surface area contributed by atoms with Gasteiger partial charge >= 0.3 is 0 Å².